The lowest BCUT2D eigenvalue weighted by Crippen LogP contribution is -2.23. The van der Waals surface area contributed by atoms with Crippen LogP contribution in [0.5, 0.6) is 0 Å². The summed E-state index contributed by atoms with van der Waals surface area (Å²) in [4.78, 5) is 0. The van der Waals surface area contributed by atoms with Gasteiger partial charge in [0.25, 0.3) is 7.86 Å². The van der Waals surface area contributed by atoms with Gasteiger partial charge in [-0.25, -0.2) is 0 Å². The predicted molar refractivity (Wildman–Crippen MR) is 93.2 cm³/mol. The number of halogens is 6. The molecule has 0 nitrogen and oxygen atoms in total. The van der Waals surface area contributed by atoms with Gasteiger partial charge >= 0.3 is 0 Å². The number of rotatable bonds is 6. The van der Waals surface area contributed by atoms with Crippen LogP contribution >= 0.6 is 91.8 Å². The molecule has 0 radical (unpaired) electrons. The molecule has 0 amide bonds. The lowest BCUT2D eigenvalue weighted by atomic mass is 10.2. The molecule has 0 rings (SSSR count). The van der Waals surface area contributed by atoms with E-state index < -0.39 is 7.86 Å². The summed E-state index contributed by atoms with van der Waals surface area (Å²) in [6, 6.07) is 1.17. The second-order valence-corrected chi connectivity index (χ2v) is 49.3. The third kappa shape index (κ3) is 9.35. The maximum absolute atomic E-state index is 3.76. The lowest BCUT2D eigenvalue weighted by molar-refractivity contribution is 0.697. The van der Waals surface area contributed by atoms with Crippen molar-refractivity contribution in [2.24, 2.45) is 0 Å². The highest BCUT2D eigenvalue weighted by Gasteiger charge is 2.39. The molecule has 1 unspecified atom stereocenters. The molecule has 0 aliphatic carbocycles. The second-order valence-electron chi connectivity index (χ2n) is 3.20. The van der Waals surface area contributed by atoms with Crippen molar-refractivity contribution >= 4 is 99.6 Å². The van der Waals surface area contributed by atoms with E-state index >= 15 is 0 Å². The minimum Gasteiger partial charge on any atom is -0.0964 e. The molecule has 8 heteroatoms. The first-order valence-electron chi connectivity index (χ1n) is 4.30. The molecule has 0 aromatic heterocycles. The van der Waals surface area contributed by atoms with Crippen LogP contribution in [0.25, 0.3) is 0 Å². The molecule has 1 atom stereocenters. The van der Waals surface area contributed by atoms with Crippen molar-refractivity contribution in [2.75, 3.05) is 0 Å². The lowest BCUT2D eigenvalue weighted by Gasteiger charge is -2.26. The van der Waals surface area contributed by atoms with Gasteiger partial charge in [-0.3, -0.25) is 0 Å². The summed E-state index contributed by atoms with van der Waals surface area (Å²) >= 11 is 22.4. The summed E-state index contributed by atoms with van der Waals surface area (Å²) in [5, 5.41) is 0. The van der Waals surface area contributed by atoms with Crippen LogP contribution in [-0.4, -0.2) is 7.86 Å². The van der Waals surface area contributed by atoms with Gasteiger partial charge in [0.05, 0.1) is 0 Å². The van der Waals surface area contributed by atoms with E-state index in [2.05, 4.69) is 98.7 Å². The number of hydrogen-bond acceptors (Lipinski definition) is 0. The Labute approximate surface area is 135 Å². The Morgan fingerprint density at radius 2 is 1.50 bits per heavy atom. The third-order valence-electron chi connectivity index (χ3n) is 1.85. The molecule has 0 saturated carbocycles. The maximum Gasteiger partial charge on any atom is 0.270 e. The minimum atomic E-state index is -1.55. The first-order chi connectivity index (χ1) is 6.17. The van der Waals surface area contributed by atoms with Crippen molar-refractivity contribution in [3.63, 3.8) is 0 Å². The quantitative estimate of drug-likeness (QED) is 0.227. The average molecular weight is 620 g/mol. The van der Waals surface area contributed by atoms with Gasteiger partial charge in [-0.1, -0.05) is 118 Å². The molecular formula is C6H12Br6Si2. The van der Waals surface area contributed by atoms with E-state index in [4.69, 9.17) is 0 Å². The van der Waals surface area contributed by atoms with E-state index in [1.54, 1.807) is 0 Å². The highest BCUT2D eigenvalue weighted by Crippen LogP contribution is 2.50. The van der Waals surface area contributed by atoms with E-state index in [-0.39, 0.29) is 0 Å². The van der Waals surface area contributed by atoms with Gasteiger partial charge in [-0.05, 0) is 11.6 Å². The largest absolute Gasteiger partial charge is 0.270 e. The van der Waals surface area contributed by atoms with Crippen molar-refractivity contribution in [2.45, 2.75) is 37.8 Å². The summed E-state index contributed by atoms with van der Waals surface area (Å²) in [6.45, 7) is 2.23. The zero-order chi connectivity index (χ0) is 11.4. The van der Waals surface area contributed by atoms with E-state index in [0.717, 1.165) is 0 Å². The van der Waals surface area contributed by atoms with Crippen molar-refractivity contribution in [3.05, 3.63) is 0 Å². The van der Waals surface area contributed by atoms with Crippen LogP contribution in [0.1, 0.15) is 26.2 Å². The zero-order valence-electron chi connectivity index (χ0n) is 7.67. The third-order valence-corrected chi connectivity index (χ3v) is 13.4. The second kappa shape index (κ2) is 7.68. The Morgan fingerprint density at radius 3 is 1.79 bits per heavy atom. The fourth-order valence-corrected chi connectivity index (χ4v) is 16.9. The highest BCUT2D eigenvalue weighted by atomic mass is 80.0. The molecule has 0 aliphatic rings. The maximum atomic E-state index is 3.76. The molecule has 86 valence electrons. The molecule has 0 bridgehead atoms. The van der Waals surface area contributed by atoms with Gasteiger partial charge in [0.1, 0.15) is 0 Å². The van der Waals surface area contributed by atoms with Gasteiger partial charge in [0, 0.05) is 0 Å². The summed E-state index contributed by atoms with van der Waals surface area (Å²) < 4.78 is -3.05. The summed E-state index contributed by atoms with van der Waals surface area (Å²) in [5.74, 6) is 0. The summed E-state index contributed by atoms with van der Waals surface area (Å²) in [5.41, 5.74) is 0.687. The smallest absolute Gasteiger partial charge is 0.0964 e. The van der Waals surface area contributed by atoms with Crippen molar-refractivity contribution in [1.82, 2.24) is 0 Å². The zero-order valence-corrected chi connectivity index (χ0v) is 19.2. The molecule has 0 heterocycles. The Balaban J connectivity index is 4.26. The molecule has 0 N–H and O–H groups in total. The van der Waals surface area contributed by atoms with Crippen LogP contribution in [0.2, 0.25) is 11.6 Å². The molecule has 0 aromatic carbocycles. The Morgan fingerprint density at radius 1 is 1.00 bits per heavy atom. The normalized spacial score (nSPS) is 15.6. The van der Waals surface area contributed by atoms with Gasteiger partial charge in [-0.15, -0.1) is 0 Å². The van der Waals surface area contributed by atoms with Crippen LogP contribution < -0.4 is 0 Å². The molecular weight excluding hydrogens is 608 g/mol. The fourth-order valence-electron chi connectivity index (χ4n) is 1.11. The topological polar surface area (TPSA) is 0 Å². The van der Waals surface area contributed by atoms with Crippen LogP contribution in [0.15, 0.2) is 0 Å². The van der Waals surface area contributed by atoms with Crippen molar-refractivity contribution < 1.29 is 0 Å². The summed E-state index contributed by atoms with van der Waals surface area (Å²) in [7, 11) is 0. The first-order valence-corrected chi connectivity index (χ1v) is 22.1. The molecule has 14 heavy (non-hydrogen) atoms. The Hall–Kier alpha value is 3.31. The fraction of sp³-hybridized carbons (Fsp3) is 1.00. The van der Waals surface area contributed by atoms with Gasteiger partial charge < -0.3 is 0 Å². The Bertz CT molecular complexity index is 163. The van der Waals surface area contributed by atoms with Gasteiger partial charge in [-0.2, -0.15) is 0 Å². The SMILES string of the molecule is CCCCC(C[Si](Br)(Br)Br)[Si](Br)(Br)Br. The van der Waals surface area contributed by atoms with Crippen LogP contribution in [-0.2, 0) is 0 Å². The number of hydrogen-bond donors (Lipinski definition) is 0. The molecule has 0 spiro atoms. The minimum absolute atomic E-state index is 0.687. The number of unbranched alkanes of at least 4 members (excludes halogenated alkanes) is 1. The Kier molecular flexibility index (Phi) is 9.50. The summed E-state index contributed by atoms with van der Waals surface area (Å²) in [6.07, 6.45) is 3.82. The first kappa shape index (κ1) is 17.3. The molecule has 0 saturated heterocycles. The van der Waals surface area contributed by atoms with E-state index in [9.17, 15) is 0 Å². The van der Waals surface area contributed by atoms with Crippen LogP contribution in [0.3, 0.4) is 0 Å². The van der Waals surface area contributed by atoms with Crippen molar-refractivity contribution in [3.8, 4) is 0 Å². The predicted octanol–water partition coefficient (Wildman–Crippen LogP) is 6.79. The average Bonchev–Trinajstić information content (AvgIpc) is 1.93. The van der Waals surface area contributed by atoms with E-state index in [1.807, 2.05) is 0 Å². The van der Waals surface area contributed by atoms with E-state index in [0.29, 0.717) is 5.54 Å². The molecule has 0 fully saturated rings. The van der Waals surface area contributed by atoms with Gasteiger partial charge in [0.2, 0.25) is 0 Å². The monoisotopic (exact) mass is 614 g/mol. The van der Waals surface area contributed by atoms with Gasteiger partial charge in [0.15, 0.2) is 0 Å². The van der Waals surface area contributed by atoms with Crippen molar-refractivity contribution in [1.29, 1.82) is 0 Å². The van der Waals surface area contributed by atoms with Crippen LogP contribution in [0, 0.1) is 0 Å². The van der Waals surface area contributed by atoms with E-state index in [1.165, 1.54) is 25.3 Å². The molecule has 0 aromatic rings. The molecule has 0 aliphatic heterocycles. The van der Waals surface area contributed by atoms with Crippen LogP contribution in [0.4, 0.5) is 0 Å². The highest BCUT2D eigenvalue weighted by molar-refractivity contribution is 9.72. The standard InChI is InChI=1S/C6H12Br6Si2/c1-2-3-4-6(14(10,11)12)5-13(7,8)9/h6H,2-5H2,1H3.